The maximum Gasteiger partial charge on any atom is 0.254 e. The number of thiazole rings is 1. The standard InChI is InChI=1S/C14H17N5OS/c1-9(2)19-7-11(4-16-19)13(20)15-5-12-8-18-6-10(3)21-14(18)17-12/h4,6-9H,5H2,1-3H3,(H,15,20). The zero-order valence-electron chi connectivity index (χ0n) is 12.2. The summed E-state index contributed by atoms with van der Waals surface area (Å²) in [6, 6.07) is 0.245. The van der Waals surface area contributed by atoms with Gasteiger partial charge in [-0.05, 0) is 20.8 Å². The number of carbonyl (C=O) groups excluding carboxylic acids is 1. The zero-order valence-corrected chi connectivity index (χ0v) is 13.0. The number of imidazole rings is 1. The number of hydrogen-bond donors (Lipinski definition) is 1. The number of rotatable bonds is 4. The topological polar surface area (TPSA) is 64.2 Å². The van der Waals surface area contributed by atoms with Gasteiger partial charge in [-0.3, -0.25) is 13.9 Å². The molecule has 3 heterocycles. The molecule has 0 unspecified atom stereocenters. The Balaban J connectivity index is 1.65. The Kier molecular flexibility index (Phi) is 3.50. The van der Waals surface area contributed by atoms with Crippen LogP contribution in [0, 0.1) is 6.92 Å². The summed E-state index contributed by atoms with van der Waals surface area (Å²) in [5, 5.41) is 7.04. The lowest BCUT2D eigenvalue weighted by Gasteiger charge is -2.03. The number of hydrogen-bond acceptors (Lipinski definition) is 4. The highest BCUT2D eigenvalue weighted by molar-refractivity contribution is 7.16. The average Bonchev–Trinajstić information content (AvgIpc) is 3.09. The molecule has 21 heavy (non-hydrogen) atoms. The van der Waals surface area contributed by atoms with E-state index >= 15 is 0 Å². The predicted molar refractivity (Wildman–Crippen MR) is 81.6 cm³/mol. The van der Waals surface area contributed by atoms with Crippen LogP contribution in [0.5, 0.6) is 0 Å². The van der Waals surface area contributed by atoms with E-state index in [4.69, 9.17) is 0 Å². The summed E-state index contributed by atoms with van der Waals surface area (Å²) in [5.41, 5.74) is 1.42. The van der Waals surface area contributed by atoms with Crippen LogP contribution in [-0.2, 0) is 6.54 Å². The average molecular weight is 303 g/mol. The molecule has 0 atom stereocenters. The number of nitrogens with zero attached hydrogens (tertiary/aromatic N) is 4. The zero-order chi connectivity index (χ0) is 15.0. The van der Waals surface area contributed by atoms with Crippen molar-refractivity contribution in [3.8, 4) is 0 Å². The third kappa shape index (κ3) is 2.82. The number of amides is 1. The lowest BCUT2D eigenvalue weighted by atomic mass is 10.3. The fourth-order valence-electron chi connectivity index (χ4n) is 2.06. The molecule has 0 fully saturated rings. The van der Waals surface area contributed by atoms with Gasteiger partial charge in [-0.1, -0.05) is 0 Å². The van der Waals surface area contributed by atoms with Gasteiger partial charge in [0, 0.05) is 29.5 Å². The molecule has 3 aromatic rings. The molecule has 0 aliphatic carbocycles. The summed E-state index contributed by atoms with van der Waals surface area (Å²) < 4.78 is 3.75. The van der Waals surface area contributed by atoms with Crippen molar-refractivity contribution in [3.05, 3.63) is 40.9 Å². The van der Waals surface area contributed by atoms with Crippen LogP contribution in [0.2, 0.25) is 0 Å². The van der Waals surface area contributed by atoms with Crippen LogP contribution in [0.1, 0.15) is 40.8 Å². The normalized spacial score (nSPS) is 11.4. The fraction of sp³-hybridized carbons (Fsp3) is 0.357. The largest absolute Gasteiger partial charge is 0.346 e. The lowest BCUT2D eigenvalue weighted by Crippen LogP contribution is -2.22. The molecule has 3 rings (SSSR count). The Morgan fingerprint density at radius 1 is 1.38 bits per heavy atom. The highest BCUT2D eigenvalue weighted by atomic mass is 32.1. The molecular formula is C14H17N5OS. The molecule has 110 valence electrons. The first kappa shape index (κ1) is 13.8. The Morgan fingerprint density at radius 2 is 2.19 bits per heavy atom. The molecule has 1 N–H and O–H groups in total. The molecule has 1 amide bonds. The Morgan fingerprint density at radius 3 is 2.86 bits per heavy atom. The van der Waals surface area contributed by atoms with Crippen LogP contribution < -0.4 is 5.32 Å². The van der Waals surface area contributed by atoms with E-state index in [0.29, 0.717) is 12.1 Å². The quantitative estimate of drug-likeness (QED) is 0.805. The Bertz CT molecular complexity index is 751. The lowest BCUT2D eigenvalue weighted by molar-refractivity contribution is 0.0950. The van der Waals surface area contributed by atoms with Crippen LogP contribution in [0.3, 0.4) is 0 Å². The van der Waals surface area contributed by atoms with E-state index in [9.17, 15) is 4.79 Å². The summed E-state index contributed by atoms with van der Waals surface area (Å²) in [6.07, 6.45) is 7.32. The summed E-state index contributed by atoms with van der Waals surface area (Å²) in [5.74, 6) is -0.130. The number of nitrogens with one attached hydrogen (secondary N) is 1. The summed E-state index contributed by atoms with van der Waals surface area (Å²) in [7, 11) is 0. The third-order valence-corrected chi connectivity index (χ3v) is 4.06. The van der Waals surface area contributed by atoms with Gasteiger partial charge in [0.15, 0.2) is 4.96 Å². The highest BCUT2D eigenvalue weighted by Crippen LogP contribution is 2.16. The van der Waals surface area contributed by atoms with Crippen molar-refractivity contribution in [2.24, 2.45) is 0 Å². The van der Waals surface area contributed by atoms with Gasteiger partial charge in [0.25, 0.3) is 5.91 Å². The van der Waals surface area contributed by atoms with Crippen molar-refractivity contribution in [3.63, 3.8) is 0 Å². The first-order valence-electron chi connectivity index (χ1n) is 6.79. The van der Waals surface area contributed by atoms with Gasteiger partial charge in [0.2, 0.25) is 0 Å². The van der Waals surface area contributed by atoms with Gasteiger partial charge in [-0.2, -0.15) is 5.10 Å². The van der Waals surface area contributed by atoms with Crippen molar-refractivity contribution >= 4 is 22.2 Å². The molecular weight excluding hydrogens is 286 g/mol. The summed E-state index contributed by atoms with van der Waals surface area (Å²) >= 11 is 1.64. The second-order valence-electron chi connectivity index (χ2n) is 5.25. The van der Waals surface area contributed by atoms with Gasteiger partial charge < -0.3 is 5.32 Å². The van der Waals surface area contributed by atoms with E-state index < -0.39 is 0 Å². The van der Waals surface area contributed by atoms with E-state index in [1.165, 1.54) is 4.88 Å². The van der Waals surface area contributed by atoms with Crippen molar-refractivity contribution in [1.82, 2.24) is 24.5 Å². The second kappa shape index (κ2) is 5.33. The predicted octanol–water partition coefficient (Wildman–Crippen LogP) is 2.41. The second-order valence-corrected chi connectivity index (χ2v) is 6.46. The van der Waals surface area contributed by atoms with Crippen LogP contribution in [0.25, 0.3) is 4.96 Å². The first-order chi connectivity index (χ1) is 10.0. The molecule has 0 saturated carbocycles. The van der Waals surface area contributed by atoms with E-state index in [1.54, 1.807) is 28.4 Å². The summed E-state index contributed by atoms with van der Waals surface area (Å²) in [4.78, 5) is 18.7. The third-order valence-electron chi connectivity index (χ3n) is 3.14. The van der Waals surface area contributed by atoms with Crippen molar-refractivity contribution in [1.29, 1.82) is 0 Å². The minimum Gasteiger partial charge on any atom is -0.346 e. The van der Waals surface area contributed by atoms with E-state index in [0.717, 1.165) is 10.7 Å². The molecule has 0 aliphatic rings. The van der Waals surface area contributed by atoms with Crippen LogP contribution in [0.4, 0.5) is 0 Å². The Labute approximate surface area is 126 Å². The maximum absolute atomic E-state index is 12.1. The Hall–Kier alpha value is -2.15. The van der Waals surface area contributed by atoms with Gasteiger partial charge in [-0.15, -0.1) is 11.3 Å². The molecule has 0 aromatic carbocycles. The van der Waals surface area contributed by atoms with Crippen molar-refractivity contribution in [2.45, 2.75) is 33.4 Å². The maximum atomic E-state index is 12.1. The molecule has 0 saturated heterocycles. The van der Waals surface area contributed by atoms with Crippen molar-refractivity contribution in [2.75, 3.05) is 0 Å². The first-order valence-corrected chi connectivity index (χ1v) is 7.61. The van der Waals surface area contributed by atoms with E-state index in [-0.39, 0.29) is 11.9 Å². The highest BCUT2D eigenvalue weighted by Gasteiger charge is 2.11. The number of aryl methyl sites for hydroxylation is 1. The van der Waals surface area contributed by atoms with Gasteiger partial charge in [-0.25, -0.2) is 4.98 Å². The van der Waals surface area contributed by atoms with Crippen molar-refractivity contribution < 1.29 is 4.79 Å². The van der Waals surface area contributed by atoms with Crippen LogP contribution in [0.15, 0.2) is 24.8 Å². The summed E-state index contributed by atoms with van der Waals surface area (Å²) in [6.45, 7) is 6.51. The van der Waals surface area contributed by atoms with Gasteiger partial charge in [0.1, 0.15) is 0 Å². The number of fused-ring (bicyclic) bond motifs is 1. The van der Waals surface area contributed by atoms with Crippen LogP contribution in [-0.4, -0.2) is 25.1 Å². The minimum absolute atomic E-state index is 0.130. The van der Waals surface area contributed by atoms with E-state index in [2.05, 4.69) is 15.4 Å². The monoisotopic (exact) mass is 303 g/mol. The number of carbonyl (C=O) groups is 1. The fourth-order valence-corrected chi connectivity index (χ4v) is 2.88. The van der Waals surface area contributed by atoms with Crippen LogP contribution >= 0.6 is 11.3 Å². The van der Waals surface area contributed by atoms with Gasteiger partial charge >= 0.3 is 0 Å². The molecule has 0 bridgehead atoms. The smallest absolute Gasteiger partial charge is 0.254 e. The molecule has 3 aromatic heterocycles. The molecule has 0 radical (unpaired) electrons. The van der Waals surface area contributed by atoms with E-state index in [1.807, 2.05) is 37.6 Å². The number of aromatic nitrogens is 4. The molecule has 7 heteroatoms. The molecule has 6 nitrogen and oxygen atoms in total. The SMILES string of the molecule is Cc1cn2cc(CNC(=O)c3cnn(C(C)C)c3)nc2s1. The molecule has 0 aliphatic heterocycles. The van der Waals surface area contributed by atoms with Gasteiger partial charge in [0.05, 0.1) is 24.0 Å². The molecule has 0 spiro atoms. The minimum atomic E-state index is -0.130.